The summed E-state index contributed by atoms with van der Waals surface area (Å²) in [6.07, 6.45) is 6.92. The van der Waals surface area contributed by atoms with Crippen molar-refractivity contribution in [3.63, 3.8) is 0 Å². The van der Waals surface area contributed by atoms with E-state index in [0.717, 1.165) is 16.1 Å². The Balaban J connectivity index is 2.07. The van der Waals surface area contributed by atoms with Crippen LogP contribution in [0, 0.1) is 11.8 Å². The van der Waals surface area contributed by atoms with E-state index >= 15 is 0 Å². The van der Waals surface area contributed by atoms with Crippen molar-refractivity contribution >= 4 is 15.9 Å². The molecule has 1 heterocycles. The zero-order valence-electron chi connectivity index (χ0n) is 9.70. The molecule has 3 heteroatoms. The Morgan fingerprint density at radius 3 is 2.69 bits per heavy atom. The Labute approximate surface area is 106 Å². The van der Waals surface area contributed by atoms with E-state index in [1.54, 1.807) is 0 Å². The van der Waals surface area contributed by atoms with Gasteiger partial charge in [-0.25, -0.2) is 0 Å². The molecule has 88 valence electrons. The van der Waals surface area contributed by atoms with Crippen LogP contribution in [0.4, 0.5) is 0 Å². The van der Waals surface area contributed by atoms with Gasteiger partial charge >= 0.3 is 0 Å². The van der Waals surface area contributed by atoms with Gasteiger partial charge in [0.25, 0.3) is 0 Å². The van der Waals surface area contributed by atoms with Crippen LogP contribution in [0.25, 0.3) is 0 Å². The van der Waals surface area contributed by atoms with Gasteiger partial charge in [0.15, 0.2) is 0 Å². The van der Waals surface area contributed by atoms with Crippen LogP contribution in [0.2, 0.25) is 0 Å². The summed E-state index contributed by atoms with van der Waals surface area (Å²) in [4.78, 5) is 4.40. The minimum Gasteiger partial charge on any atom is -0.322 e. The molecule has 0 amide bonds. The van der Waals surface area contributed by atoms with Crippen LogP contribution >= 0.6 is 15.9 Å². The van der Waals surface area contributed by atoms with Crippen LogP contribution in [-0.4, -0.2) is 4.98 Å². The van der Waals surface area contributed by atoms with Crippen molar-refractivity contribution in [3.05, 3.63) is 28.5 Å². The van der Waals surface area contributed by atoms with Gasteiger partial charge in [0, 0.05) is 10.7 Å². The van der Waals surface area contributed by atoms with E-state index in [1.807, 2.05) is 18.3 Å². The number of halogens is 1. The molecule has 2 N–H and O–H groups in total. The van der Waals surface area contributed by atoms with Crippen molar-refractivity contribution in [2.45, 2.75) is 38.6 Å². The maximum Gasteiger partial charge on any atom is 0.0715 e. The predicted octanol–water partition coefficient (Wildman–Crippen LogP) is 3.67. The highest BCUT2D eigenvalue weighted by Gasteiger charge is 2.26. The number of nitrogens with zero attached hydrogens (tertiary/aromatic N) is 1. The first kappa shape index (κ1) is 12.1. The second kappa shape index (κ2) is 5.28. The summed E-state index contributed by atoms with van der Waals surface area (Å²) in [6, 6.07) is 4.04. The minimum atomic E-state index is 0.0862. The van der Waals surface area contributed by atoms with Gasteiger partial charge < -0.3 is 5.73 Å². The summed E-state index contributed by atoms with van der Waals surface area (Å²) in [5.41, 5.74) is 7.34. The Hall–Kier alpha value is -0.410. The van der Waals surface area contributed by atoms with Crippen molar-refractivity contribution in [2.24, 2.45) is 17.6 Å². The average Bonchev–Trinajstić information content (AvgIpc) is 2.30. The van der Waals surface area contributed by atoms with Gasteiger partial charge in [0.05, 0.1) is 11.7 Å². The van der Waals surface area contributed by atoms with Crippen LogP contribution in [0.1, 0.15) is 44.3 Å². The normalized spacial score (nSPS) is 27.7. The number of rotatable bonds is 2. The van der Waals surface area contributed by atoms with E-state index in [4.69, 9.17) is 5.73 Å². The molecule has 0 saturated heterocycles. The number of hydrogen-bond acceptors (Lipinski definition) is 2. The second-order valence-corrected chi connectivity index (χ2v) is 5.77. The molecule has 1 saturated carbocycles. The van der Waals surface area contributed by atoms with Crippen LogP contribution in [0.15, 0.2) is 22.8 Å². The standard InChI is InChI=1S/C13H19BrN2/c1-9-4-6-10(7-5-9)12(15)13-11(14)3-2-8-16-13/h2-3,8-10,12H,4-7,15H2,1H3. The molecule has 0 aliphatic heterocycles. The average molecular weight is 283 g/mol. The van der Waals surface area contributed by atoms with E-state index in [9.17, 15) is 0 Å². The van der Waals surface area contributed by atoms with Gasteiger partial charge in [-0.3, -0.25) is 4.98 Å². The smallest absolute Gasteiger partial charge is 0.0715 e. The van der Waals surface area contributed by atoms with Gasteiger partial charge in [-0.15, -0.1) is 0 Å². The lowest BCUT2D eigenvalue weighted by molar-refractivity contribution is 0.253. The molecule has 1 unspecified atom stereocenters. The first-order valence-electron chi connectivity index (χ1n) is 6.04. The lowest BCUT2D eigenvalue weighted by Gasteiger charge is -2.30. The molecular weight excluding hydrogens is 264 g/mol. The fourth-order valence-corrected chi connectivity index (χ4v) is 3.03. The van der Waals surface area contributed by atoms with Crippen LogP contribution in [-0.2, 0) is 0 Å². The maximum absolute atomic E-state index is 6.32. The molecule has 0 aromatic carbocycles. The third kappa shape index (κ3) is 2.64. The minimum absolute atomic E-state index is 0.0862. The molecule has 1 atom stereocenters. The lowest BCUT2D eigenvalue weighted by atomic mass is 9.78. The van der Waals surface area contributed by atoms with E-state index in [1.165, 1.54) is 25.7 Å². The predicted molar refractivity (Wildman–Crippen MR) is 70.0 cm³/mol. The first-order valence-corrected chi connectivity index (χ1v) is 6.83. The monoisotopic (exact) mass is 282 g/mol. The topological polar surface area (TPSA) is 38.9 Å². The van der Waals surface area contributed by atoms with E-state index < -0.39 is 0 Å². The van der Waals surface area contributed by atoms with Crippen LogP contribution in [0.5, 0.6) is 0 Å². The fourth-order valence-electron chi connectivity index (χ4n) is 2.51. The molecule has 1 fully saturated rings. The largest absolute Gasteiger partial charge is 0.322 e. The van der Waals surface area contributed by atoms with E-state index in [-0.39, 0.29) is 6.04 Å². The Morgan fingerprint density at radius 1 is 1.38 bits per heavy atom. The lowest BCUT2D eigenvalue weighted by Crippen LogP contribution is -2.26. The van der Waals surface area contributed by atoms with Gasteiger partial charge in [-0.05, 0) is 52.7 Å². The van der Waals surface area contributed by atoms with Crippen LogP contribution in [0.3, 0.4) is 0 Å². The Bertz CT molecular complexity index is 346. The molecule has 1 aromatic rings. The summed E-state index contributed by atoms with van der Waals surface area (Å²) in [5.74, 6) is 1.47. The van der Waals surface area contributed by atoms with Crippen molar-refractivity contribution in [1.82, 2.24) is 4.98 Å². The summed E-state index contributed by atoms with van der Waals surface area (Å²) in [6.45, 7) is 2.33. The summed E-state index contributed by atoms with van der Waals surface area (Å²) < 4.78 is 1.04. The highest BCUT2D eigenvalue weighted by atomic mass is 79.9. The van der Waals surface area contributed by atoms with Gasteiger partial charge in [-0.2, -0.15) is 0 Å². The van der Waals surface area contributed by atoms with Crippen molar-refractivity contribution < 1.29 is 0 Å². The molecule has 1 aliphatic rings. The maximum atomic E-state index is 6.32. The van der Waals surface area contributed by atoms with Gasteiger partial charge in [0.2, 0.25) is 0 Å². The third-order valence-electron chi connectivity index (χ3n) is 3.67. The van der Waals surface area contributed by atoms with Gasteiger partial charge in [0.1, 0.15) is 0 Å². The summed E-state index contributed by atoms with van der Waals surface area (Å²) >= 11 is 3.53. The van der Waals surface area contributed by atoms with E-state index in [2.05, 4.69) is 27.8 Å². The Morgan fingerprint density at radius 2 is 2.06 bits per heavy atom. The second-order valence-electron chi connectivity index (χ2n) is 4.92. The molecule has 0 bridgehead atoms. The van der Waals surface area contributed by atoms with Gasteiger partial charge in [-0.1, -0.05) is 19.8 Å². The van der Waals surface area contributed by atoms with Crippen LogP contribution < -0.4 is 5.73 Å². The molecule has 2 nitrogen and oxygen atoms in total. The summed E-state index contributed by atoms with van der Waals surface area (Å²) in [5, 5.41) is 0. The first-order chi connectivity index (χ1) is 7.68. The zero-order valence-corrected chi connectivity index (χ0v) is 11.3. The summed E-state index contributed by atoms with van der Waals surface area (Å²) in [7, 11) is 0. The molecule has 16 heavy (non-hydrogen) atoms. The zero-order chi connectivity index (χ0) is 11.5. The molecule has 2 rings (SSSR count). The highest BCUT2D eigenvalue weighted by molar-refractivity contribution is 9.10. The number of pyridine rings is 1. The number of hydrogen-bond donors (Lipinski definition) is 1. The molecule has 1 aromatic heterocycles. The third-order valence-corrected chi connectivity index (χ3v) is 4.34. The number of aromatic nitrogens is 1. The van der Waals surface area contributed by atoms with Crippen molar-refractivity contribution in [2.75, 3.05) is 0 Å². The molecule has 0 spiro atoms. The Kier molecular flexibility index (Phi) is 3.98. The molecule has 0 radical (unpaired) electrons. The SMILES string of the molecule is CC1CCC(C(N)c2ncccc2Br)CC1. The van der Waals surface area contributed by atoms with E-state index in [0.29, 0.717) is 5.92 Å². The molecule has 1 aliphatic carbocycles. The fraction of sp³-hybridized carbons (Fsp3) is 0.615. The quantitative estimate of drug-likeness (QED) is 0.899. The van der Waals surface area contributed by atoms with Crippen molar-refractivity contribution in [3.8, 4) is 0 Å². The molecular formula is C13H19BrN2. The highest BCUT2D eigenvalue weighted by Crippen LogP contribution is 2.36. The number of nitrogens with two attached hydrogens (primary N) is 1. The van der Waals surface area contributed by atoms with Crippen molar-refractivity contribution in [1.29, 1.82) is 0 Å².